The van der Waals surface area contributed by atoms with Gasteiger partial charge in [-0.3, -0.25) is 4.79 Å². The number of H-pyrrole nitrogens is 1. The van der Waals surface area contributed by atoms with Gasteiger partial charge >= 0.3 is 0 Å². The zero-order chi connectivity index (χ0) is 15.7. The first kappa shape index (κ1) is 17.4. The van der Waals surface area contributed by atoms with E-state index >= 15 is 0 Å². The maximum atomic E-state index is 12.1. The Balaban J connectivity index is 0.00000192. The van der Waals surface area contributed by atoms with Crippen LogP contribution >= 0.6 is 28.3 Å². The second-order valence-corrected chi connectivity index (χ2v) is 6.17. The maximum Gasteiger partial charge on any atom is 0.261 e. The minimum atomic E-state index is -0.221. The lowest BCUT2D eigenvalue weighted by atomic mass is 10.0. The second kappa shape index (κ2) is 7.10. The number of aromatic nitrogens is 3. The predicted octanol–water partition coefficient (Wildman–Crippen LogP) is 4.37. The Hall–Kier alpha value is -1.92. The van der Waals surface area contributed by atoms with Crippen molar-refractivity contribution in [3.63, 3.8) is 0 Å². The normalized spacial score (nSPS) is 10.6. The van der Waals surface area contributed by atoms with Gasteiger partial charge in [0.25, 0.3) is 5.56 Å². The number of rotatable bonds is 3. The third-order valence-corrected chi connectivity index (χ3v) is 4.05. The van der Waals surface area contributed by atoms with Gasteiger partial charge in [-0.25, -0.2) is 9.97 Å². The molecule has 120 valence electrons. The average Bonchev–Trinajstić information content (AvgIpc) is 2.51. The molecule has 5 nitrogen and oxygen atoms in total. The summed E-state index contributed by atoms with van der Waals surface area (Å²) < 4.78 is 0.725. The lowest BCUT2D eigenvalue weighted by Crippen LogP contribution is -2.10. The molecular formula is C16H16BrClN4O. The second-order valence-electron chi connectivity index (χ2n) is 5.32. The van der Waals surface area contributed by atoms with Crippen LogP contribution in [-0.4, -0.2) is 15.0 Å². The van der Waals surface area contributed by atoms with Crippen molar-refractivity contribution < 1.29 is 0 Å². The molecule has 3 rings (SSSR count). The Morgan fingerprint density at radius 2 is 2.04 bits per heavy atom. The summed E-state index contributed by atoms with van der Waals surface area (Å²) in [6.07, 6.45) is 3.03. The minimum absolute atomic E-state index is 0. The molecule has 0 saturated carbocycles. The maximum absolute atomic E-state index is 12.1. The van der Waals surface area contributed by atoms with Gasteiger partial charge in [-0.05, 0) is 39.5 Å². The molecule has 0 aliphatic carbocycles. The third kappa shape index (κ3) is 3.54. The molecule has 0 unspecified atom stereocenters. The minimum Gasteiger partial charge on any atom is -0.339 e. The van der Waals surface area contributed by atoms with Crippen LogP contribution in [0.5, 0.6) is 0 Å². The number of nitrogens with zero attached hydrogens (tertiary/aromatic N) is 2. The van der Waals surface area contributed by atoms with Crippen molar-refractivity contribution in [1.29, 1.82) is 0 Å². The van der Waals surface area contributed by atoms with Crippen LogP contribution in [-0.2, 0) is 0 Å². The Morgan fingerprint density at radius 3 is 2.78 bits per heavy atom. The van der Waals surface area contributed by atoms with Crippen molar-refractivity contribution in [2.24, 2.45) is 0 Å². The highest BCUT2D eigenvalue weighted by atomic mass is 79.9. The highest BCUT2D eigenvalue weighted by molar-refractivity contribution is 9.10. The quantitative estimate of drug-likeness (QED) is 0.691. The molecule has 7 heteroatoms. The van der Waals surface area contributed by atoms with Crippen molar-refractivity contribution in [2.45, 2.75) is 19.8 Å². The largest absolute Gasteiger partial charge is 0.339 e. The molecular weight excluding hydrogens is 380 g/mol. The van der Waals surface area contributed by atoms with E-state index in [9.17, 15) is 4.79 Å². The monoisotopic (exact) mass is 394 g/mol. The van der Waals surface area contributed by atoms with Crippen LogP contribution in [0.25, 0.3) is 10.9 Å². The summed E-state index contributed by atoms with van der Waals surface area (Å²) in [7, 11) is 0. The predicted molar refractivity (Wildman–Crippen MR) is 98.9 cm³/mol. The summed E-state index contributed by atoms with van der Waals surface area (Å²) in [5.74, 6) is 0.926. The van der Waals surface area contributed by atoms with Gasteiger partial charge in [-0.2, -0.15) is 0 Å². The van der Waals surface area contributed by atoms with Gasteiger partial charge < -0.3 is 10.3 Å². The fraction of sp³-hybridized carbons (Fsp3) is 0.188. The van der Waals surface area contributed by atoms with Crippen LogP contribution in [0, 0.1) is 0 Å². The first-order chi connectivity index (χ1) is 10.6. The Morgan fingerprint density at radius 1 is 1.26 bits per heavy atom. The number of fused-ring (bicyclic) bond motifs is 1. The van der Waals surface area contributed by atoms with E-state index in [-0.39, 0.29) is 18.0 Å². The molecule has 1 aromatic carbocycles. The number of benzene rings is 1. The van der Waals surface area contributed by atoms with Gasteiger partial charge in [0.15, 0.2) is 0 Å². The highest BCUT2D eigenvalue weighted by Gasteiger charge is 2.11. The van der Waals surface area contributed by atoms with Crippen molar-refractivity contribution in [2.75, 3.05) is 5.32 Å². The standard InChI is InChI=1S/C16H15BrN4O.ClH/c1-9(2)10-4-3-5-11(6-10)21-15-13-14(19-8-20-15)12(17)7-18-16(13)22;/h3-9H,1-2H3,(H,18,22)(H,19,20,21);1H. The lowest BCUT2D eigenvalue weighted by Gasteiger charge is -2.11. The smallest absolute Gasteiger partial charge is 0.261 e. The van der Waals surface area contributed by atoms with Crippen LogP contribution in [0.3, 0.4) is 0 Å². The zero-order valence-corrected chi connectivity index (χ0v) is 15.0. The topological polar surface area (TPSA) is 70.7 Å². The van der Waals surface area contributed by atoms with E-state index in [0.29, 0.717) is 22.6 Å². The lowest BCUT2D eigenvalue weighted by molar-refractivity contribution is 0.867. The average molecular weight is 396 g/mol. The van der Waals surface area contributed by atoms with Crippen LogP contribution in [0.15, 0.2) is 46.1 Å². The molecule has 2 N–H and O–H groups in total. The van der Waals surface area contributed by atoms with Gasteiger partial charge in [0, 0.05) is 11.9 Å². The summed E-state index contributed by atoms with van der Waals surface area (Å²) in [6, 6.07) is 8.08. The van der Waals surface area contributed by atoms with Crippen LogP contribution in [0.4, 0.5) is 11.5 Å². The molecule has 2 heterocycles. The van der Waals surface area contributed by atoms with E-state index in [4.69, 9.17) is 0 Å². The molecule has 0 saturated heterocycles. The van der Waals surface area contributed by atoms with Gasteiger partial charge in [0.2, 0.25) is 0 Å². The number of hydrogen-bond acceptors (Lipinski definition) is 4. The van der Waals surface area contributed by atoms with E-state index in [1.54, 1.807) is 6.20 Å². The van der Waals surface area contributed by atoms with E-state index in [1.807, 2.05) is 12.1 Å². The van der Waals surface area contributed by atoms with Crippen molar-refractivity contribution in [3.05, 3.63) is 57.2 Å². The van der Waals surface area contributed by atoms with Gasteiger partial charge in [0.05, 0.1) is 9.99 Å². The van der Waals surface area contributed by atoms with E-state index in [2.05, 4.69) is 62.2 Å². The first-order valence-corrected chi connectivity index (χ1v) is 7.74. The molecule has 0 fully saturated rings. The summed E-state index contributed by atoms with van der Waals surface area (Å²) >= 11 is 3.39. The molecule has 0 aliphatic rings. The number of pyridine rings is 1. The molecule has 0 aliphatic heterocycles. The highest BCUT2D eigenvalue weighted by Crippen LogP contribution is 2.26. The molecule has 0 bridgehead atoms. The fourth-order valence-corrected chi connectivity index (χ4v) is 2.67. The van der Waals surface area contributed by atoms with Crippen LogP contribution in [0.1, 0.15) is 25.3 Å². The van der Waals surface area contributed by atoms with Crippen molar-refractivity contribution >= 4 is 50.7 Å². The molecule has 0 amide bonds. The molecule has 23 heavy (non-hydrogen) atoms. The molecule has 0 atom stereocenters. The molecule has 0 radical (unpaired) electrons. The van der Waals surface area contributed by atoms with E-state index in [0.717, 1.165) is 10.2 Å². The van der Waals surface area contributed by atoms with Gasteiger partial charge in [0.1, 0.15) is 17.5 Å². The first-order valence-electron chi connectivity index (χ1n) is 6.95. The fourth-order valence-electron chi connectivity index (χ4n) is 2.26. The summed E-state index contributed by atoms with van der Waals surface area (Å²) in [4.78, 5) is 23.2. The van der Waals surface area contributed by atoms with Gasteiger partial charge in [-0.1, -0.05) is 26.0 Å². The molecule has 2 aromatic heterocycles. The van der Waals surface area contributed by atoms with E-state index in [1.165, 1.54) is 11.9 Å². The number of halogens is 2. The number of aromatic amines is 1. The van der Waals surface area contributed by atoms with Crippen LogP contribution < -0.4 is 10.9 Å². The number of hydrogen-bond donors (Lipinski definition) is 2. The van der Waals surface area contributed by atoms with Gasteiger partial charge in [-0.15, -0.1) is 12.4 Å². The van der Waals surface area contributed by atoms with Crippen LogP contribution in [0.2, 0.25) is 0 Å². The Kier molecular flexibility index (Phi) is 5.38. The van der Waals surface area contributed by atoms with Crippen molar-refractivity contribution in [3.8, 4) is 0 Å². The Labute approximate surface area is 148 Å². The Bertz CT molecular complexity index is 895. The molecule has 3 aromatic rings. The third-order valence-electron chi connectivity index (χ3n) is 3.45. The SMILES string of the molecule is CC(C)c1cccc(Nc2ncnc3c(Br)c[nH]c(=O)c23)c1.Cl. The summed E-state index contributed by atoms with van der Waals surface area (Å²) in [5.41, 5.74) is 2.48. The number of anilines is 2. The van der Waals surface area contributed by atoms with E-state index < -0.39 is 0 Å². The van der Waals surface area contributed by atoms with Crippen molar-refractivity contribution in [1.82, 2.24) is 15.0 Å². The summed E-state index contributed by atoms with van der Waals surface area (Å²) in [6.45, 7) is 4.28. The number of nitrogens with one attached hydrogen (secondary N) is 2. The zero-order valence-electron chi connectivity index (χ0n) is 12.6. The molecule has 0 spiro atoms. The summed E-state index contributed by atoms with van der Waals surface area (Å²) in [5, 5.41) is 3.66.